The summed E-state index contributed by atoms with van der Waals surface area (Å²) in [4.78, 5) is 0. The Hall–Kier alpha value is -2.04. The highest BCUT2D eigenvalue weighted by atomic mass is 16.5. The van der Waals surface area contributed by atoms with Gasteiger partial charge in [-0.05, 0) is 23.8 Å². The van der Waals surface area contributed by atoms with Crippen LogP contribution in [0.15, 0.2) is 48.5 Å². The molecule has 0 heterocycles. The van der Waals surface area contributed by atoms with Crippen molar-refractivity contribution in [1.29, 1.82) is 0 Å². The van der Waals surface area contributed by atoms with Gasteiger partial charge in [0.25, 0.3) is 0 Å². The van der Waals surface area contributed by atoms with Crippen molar-refractivity contribution in [3.05, 3.63) is 59.7 Å². The van der Waals surface area contributed by atoms with Crippen LogP contribution >= 0.6 is 0 Å². The molecule has 0 aliphatic heterocycles. The van der Waals surface area contributed by atoms with Crippen LogP contribution in [-0.2, 0) is 4.74 Å². The molecule has 1 atom stereocenters. The first-order valence-electron chi connectivity index (χ1n) is 6.86. The molecule has 0 saturated carbocycles. The Kier molecular flexibility index (Phi) is 5.60. The van der Waals surface area contributed by atoms with Crippen LogP contribution in [0.4, 0.5) is 0 Å². The standard InChI is InChI=1S/C17H21NO3/c1-19-11-12-21-16-6-4-3-5-15(16)17(18)13-7-9-14(20-2)10-8-13/h3-10,17H,11-12,18H2,1-2H3. The molecule has 2 N–H and O–H groups in total. The number of rotatable bonds is 7. The smallest absolute Gasteiger partial charge is 0.124 e. The Morgan fingerprint density at radius 2 is 1.67 bits per heavy atom. The van der Waals surface area contributed by atoms with Gasteiger partial charge in [-0.3, -0.25) is 0 Å². The zero-order chi connectivity index (χ0) is 15.1. The van der Waals surface area contributed by atoms with E-state index in [2.05, 4.69) is 0 Å². The van der Waals surface area contributed by atoms with Crippen molar-refractivity contribution in [2.75, 3.05) is 27.4 Å². The van der Waals surface area contributed by atoms with Gasteiger partial charge >= 0.3 is 0 Å². The lowest BCUT2D eigenvalue weighted by Gasteiger charge is -2.17. The van der Waals surface area contributed by atoms with Gasteiger partial charge in [-0.1, -0.05) is 30.3 Å². The van der Waals surface area contributed by atoms with Gasteiger partial charge in [0.05, 0.1) is 19.8 Å². The van der Waals surface area contributed by atoms with Crippen LogP contribution in [-0.4, -0.2) is 27.4 Å². The van der Waals surface area contributed by atoms with E-state index >= 15 is 0 Å². The second kappa shape index (κ2) is 7.67. The third kappa shape index (κ3) is 3.97. The van der Waals surface area contributed by atoms with Crippen LogP contribution in [0.2, 0.25) is 0 Å². The van der Waals surface area contributed by atoms with E-state index in [4.69, 9.17) is 19.9 Å². The summed E-state index contributed by atoms with van der Waals surface area (Å²) < 4.78 is 15.9. The fraction of sp³-hybridized carbons (Fsp3) is 0.294. The van der Waals surface area contributed by atoms with Crippen molar-refractivity contribution in [3.8, 4) is 11.5 Å². The minimum absolute atomic E-state index is 0.241. The van der Waals surface area contributed by atoms with Gasteiger partial charge in [-0.25, -0.2) is 0 Å². The fourth-order valence-corrected chi connectivity index (χ4v) is 2.09. The highest BCUT2D eigenvalue weighted by Gasteiger charge is 2.14. The molecule has 0 aromatic heterocycles. The lowest BCUT2D eigenvalue weighted by Crippen LogP contribution is -2.14. The number of ether oxygens (including phenoxy) is 3. The van der Waals surface area contributed by atoms with Crippen LogP contribution in [0.5, 0.6) is 11.5 Å². The van der Waals surface area contributed by atoms with Gasteiger partial charge in [0, 0.05) is 12.7 Å². The molecular weight excluding hydrogens is 266 g/mol. The van der Waals surface area contributed by atoms with E-state index in [1.165, 1.54) is 0 Å². The number of methoxy groups -OCH3 is 2. The summed E-state index contributed by atoms with van der Waals surface area (Å²) in [6, 6.07) is 15.3. The summed E-state index contributed by atoms with van der Waals surface area (Å²) >= 11 is 0. The molecule has 112 valence electrons. The van der Waals surface area contributed by atoms with Gasteiger partial charge < -0.3 is 19.9 Å². The number of para-hydroxylation sites is 1. The Bertz CT molecular complexity index is 554. The van der Waals surface area contributed by atoms with E-state index in [0.717, 1.165) is 22.6 Å². The minimum Gasteiger partial charge on any atom is -0.497 e. The van der Waals surface area contributed by atoms with Gasteiger partial charge in [-0.15, -0.1) is 0 Å². The molecule has 1 unspecified atom stereocenters. The third-order valence-electron chi connectivity index (χ3n) is 3.27. The van der Waals surface area contributed by atoms with Crippen LogP contribution in [0.25, 0.3) is 0 Å². The van der Waals surface area contributed by atoms with Gasteiger partial charge in [0.2, 0.25) is 0 Å². The molecule has 0 saturated heterocycles. The number of hydrogen-bond acceptors (Lipinski definition) is 4. The highest BCUT2D eigenvalue weighted by molar-refractivity contribution is 5.42. The maximum atomic E-state index is 6.36. The highest BCUT2D eigenvalue weighted by Crippen LogP contribution is 2.29. The SMILES string of the molecule is COCCOc1ccccc1C(N)c1ccc(OC)cc1. The molecule has 0 amide bonds. The third-order valence-corrected chi connectivity index (χ3v) is 3.27. The average Bonchev–Trinajstić information content (AvgIpc) is 2.55. The summed E-state index contributed by atoms with van der Waals surface area (Å²) in [6.07, 6.45) is 0. The molecule has 2 rings (SSSR count). The van der Waals surface area contributed by atoms with Crippen molar-refractivity contribution < 1.29 is 14.2 Å². The Balaban J connectivity index is 2.19. The van der Waals surface area contributed by atoms with Gasteiger partial charge in [-0.2, -0.15) is 0 Å². The fourth-order valence-electron chi connectivity index (χ4n) is 2.09. The average molecular weight is 287 g/mol. The first-order valence-corrected chi connectivity index (χ1v) is 6.86. The summed E-state index contributed by atoms with van der Waals surface area (Å²) in [7, 11) is 3.30. The van der Waals surface area contributed by atoms with Crippen LogP contribution in [0.3, 0.4) is 0 Å². The van der Waals surface area contributed by atoms with Crippen LogP contribution in [0, 0.1) is 0 Å². The predicted molar refractivity (Wildman–Crippen MR) is 82.8 cm³/mol. The van der Waals surface area contributed by atoms with Crippen molar-refractivity contribution in [2.45, 2.75) is 6.04 Å². The summed E-state index contributed by atoms with van der Waals surface area (Å²) in [6.45, 7) is 1.05. The monoisotopic (exact) mass is 287 g/mol. The number of nitrogens with two attached hydrogens (primary N) is 1. The second-order valence-electron chi connectivity index (χ2n) is 4.63. The molecule has 0 spiro atoms. The molecule has 2 aromatic rings. The summed E-state index contributed by atoms with van der Waals surface area (Å²) in [5.74, 6) is 1.61. The van der Waals surface area contributed by atoms with Gasteiger partial charge in [0.15, 0.2) is 0 Å². The Morgan fingerprint density at radius 3 is 2.33 bits per heavy atom. The van der Waals surface area contributed by atoms with Gasteiger partial charge in [0.1, 0.15) is 18.1 Å². The zero-order valence-corrected chi connectivity index (χ0v) is 12.4. The topological polar surface area (TPSA) is 53.7 Å². The van der Waals surface area contributed by atoms with Crippen molar-refractivity contribution in [2.24, 2.45) is 5.73 Å². The second-order valence-corrected chi connectivity index (χ2v) is 4.63. The lowest BCUT2D eigenvalue weighted by molar-refractivity contribution is 0.145. The molecule has 4 heteroatoms. The molecule has 2 aromatic carbocycles. The Morgan fingerprint density at radius 1 is 0.952 bits per heavy atom. The first kappa shape index (κ1) is 15.4. The van der Waals surface area contributed by atoms with E-state index < -0.39 is 0 Å². The first-order chi connectivity index (χ1) is 10.3. The lowest BCUT2D eigenvalue weighted by atomic mass is 9.99. The molecular formula is C17H21NO3. The van der Waals surface area contributed by atoms with E-state index in [-0.39, 0.29) is 6.04 Å². The zero-order valence-electron chi connectivity index (χ0n) is 12.4. The van der Waals surface area contributed by atoms with Crippen molar-refractivity contribution in [1.82, 2.24) is 0 Å². The minimum atomic E-state index is -0.241. The van der Waals surface area contributed by atoms with E-state index in [9.17, 15) is 0 Å². The maximum Gasteiger partial charge on any atom is 0.124 e. The normalized spacial score (nSPS) is 12.0. The molecule has 0 bridgehead atoms. The summed E-state index contributed by atoms with van der Waals surface area (Å²) in [5, 5.41) is 0. The molecule has 0 fully saturated rings. The predicted octanol–water partition coefficient (Wildman–Crippen LogP) is 2.77. The van der Waals surface area contributed by atoms with Crippen LogP contribution in [0.1, 0.15) is 17.2 Å². The quantitative estimate of drug-likeness (QED) is 0.796. The van der Waals surface area contributed by atoms with Crippen molar-refractivity contribution in [3.63, 3.8) is 0 Å². The Labute approximate surface area is 125 Å². The molecule has 0 radical (unpaired) electrons. The number of hydrogen-bond donors (Lipinski definition) is 1. The van der Waals surface area contributed by atoms with E-state index in [1.54, 1.807) is 14.2 Å². The molecule has 21 heavy (non-hydrogen) atoms. The maximum absolute atomic E-state index is 6.36. The van der Waals surface area contributed by atoms with Crippen molar-refractivity contribution >= 4 is 0 Å². The number of benzene rings is 2. The molecule has 0 aliphatic rings. The largest absolute Gasteiger partial charge is 0.497 e. The van der Waals surface area contributed by atoms with E-state index in [1.807, 2.05) is 48.5 Å². The molecule has 4 nitrogen and oxygen atoms in total. The summed E-state index contributed by atoms with van der Waals surface area (Å²) in [5.41, 5.74) is 8.33. The van der Waals surface area contributed by atoms with E-state index in [0.29, 0.717) is 13.2 Å². The molecule has 0 aliphatic carbocycles. The van der Waals surface area contributed by atoms with Crippen LogP contribution < -0.4 is 15.2 Å².